The van der Waals surface area contributed by atoms with E-state index in [2.05, 4.69) is 0 Å². The Morgan fingerprint density at radius 2 is 1.83 bits per heavy atom. The van der Waals surface area contributed by atoms with Crippen molar-refractivity contribution in [2.45, 2.75) is 0 Å². The number of carbonyl (C=O) groups is 1. The van der Waals surface area contributed by atoms with Gasteiger partial charge in [-0.05, 0) is 23.8 Å². The van der Waals surface area contributed by atoms with Gasteiger partial charge in [-0.3, -0.25) is 4.79 Å². The molecule has 2 aromatic rings. The second-order valence-electron chi connectivity index (χ2n) is 3.60. The van der Waals surface area contributed by atoms with Crippen molar-refractivity contribution in [2.24, 2.45) is 0 Å². The molecule has 1 aromatic heterocycles. The van der Waals surface area contributed by atoms with Crippen LogP contribution in [0.25, 0.3) is 6.08 Å². The first kappa shape index (κ1) is 12.8. The Morgan fingerprint density at radius 1 is 1.06 bits per heavy atom. The van der Waals surface area contributed by atoms with E-state index in [-0.39, 0.29) is 5.78 Å². The van der Waals surface area contributed by atoms with E-state index in [0.29, 0.717) is 9.21 Å². The molecule has 90 valence electrons. The molecule has 3 heteroatoms. The van der Waals surface area contributed by atoms with Crippen LogP contribution in [0.2, 0.25) is 4.34 Å². The quantitative estimate of drug-likeness (QED) is 0.442. The lowest BCUT2D eigenvalue weighted by atomic mass is 10.2. The number of hydrogen-bond acceptors (Lipinski definition) is 2. The van der Waals surface area contributed by atoms with Crippen molar-refractivity contribution in [2.75, 3.05) is 0 Å². The molecule has 0 spiro atoms. The Bertz CT molecular complexity index is 582. The molecule has 0 aliphatic heterocycles. The summed E-state index contributed by atoms with van der Waals surface area (Å²) < 4.78 is 0.631. The molecule has 0 aliphatic rings. The van der Waals surface area contributed by atoms with Gasteiger partial charge in [-0.15, -0.1) is 11.3 Å². The van der Waals surface area contributed by atoms with Gasteiger partial charge in [0.1, 0.15) is 0 Å². The molecule has 0 radical (unpaired) electrons. The number of ketones is 1. The lowest BCUT2D eigenvalue weighted by Gasteiger charge is -1.89. The van der Waals surface area contributed by atoms with Crippen LogP contribution in [-0.4, -0.2) is 5.78 Å². The van der Waals surface area contributed by atoms with Crippen LogP contribution in [0.1, 0.15) is 15.2 Å². The van der Waals surface area contributed by atoms with Gasteiger partial charge >= 0.3 is 0 Å². The molecule has 0 aliphatic carbocycles. The third-order valence-electron chi connectivity index (χ3n) is 2.26. The molecule has 0 saturated carbocycles. The maximum absolute atomic E-state index is 11.7. The molecule has 0 unspecified atom stereocenters. The average Bonchev–Trinajstić information content (AvgIpc) is 2.82. The molecular formula is C15H11ClOS. The minimum atomic E-state index is -0.0235. The summed E-state index contributed by atoms with van der Waals surface area (Å²) in [6.45, 7) is 0. The third-order valence-corrected chi connectivity index (χ3v) is 3.51. The largest absolute Gasteiger partial charge is 0.288 e. The van der Waals surface area contributed by atoms with Gasteiger partial charge in [0.15, 0.2) is 5.78 Å². The Balaban J connectivity index is 1.96. The number of rotatable bonds is 4. The van der Waals surface area contributed by atoms with Crippen LogP contribution >= 0.6 is 22.9 Å². The summed E-state index contributed by atoms with van der Waals surface area (Å²) in [5.41, 5.74) is 1.11. The average molecular weight is 275 g/mol. The predicted molar refractivity (Wildman–Crippen MR) is 78.3 cm³/mol. The van der Waals surface area contributed by atoms with E-state index in [0.717, 1.165) is 5.56 Å². The van der Waals surface area contributed by atoms with Crippen molar-refractivity contribution in [3.8, 4) is 0 Å². The van der Waals surface area contributed by atoms with Gasteiger partial charge in [0, 0.05) is 0 Å². The van der Waals surface area contributed by atoms with E-state index in [4.69, 9.17) is 11.6 Å². The number of carbonyl (C=O) groups excluding carboxylic acids is 1. The molecule has 0 amide bonds. The molecule has 1 heterocycles. The van der Waals surface area contributed by atoms with Crippen LogP contribution in [0, 0.1) is 0 Å². The lowest BCUT2D eigenvalue weighted by molar-refractivity contribution is 0.105. The zero-order chi connectivity index (χ0) is 12.8. The zero-order valence-electron chi connectivity index (χ0n) is 9.55. The molecule has 0 saturated heterocycles. The molecule has 18 heavy (non-hydrogen) atoms. The van der Waals surface area contributed by atoms with Crippen LogP contribution < -0.4 is 0 Å². The number of benzene rings is 1. The second-order valence-corrected chi connectivity index (χ2v) is 5.31. The summed E-state index contributed by atoms with van der Waals surface area (Å²) >= 11 is 7.06. The molecule has 0 N–H and O–H groups in total. The second kappa shape index (κ2) is 6.34. The highest BCUT2D eigenvalue weighted by Crippen LogP contribution is 2.21. The summed E-state index contributed by atoms with van der Waals surface area (Å²) in [5, 5.41) is 0. The highest BCUT2D eigenvalue weighted by Gasteiger charge is 2.03. The molecular weight excluding hydrogens is 264 g/mol. The Morgan fingerprint density at radius 3 is 2.50 bits per heavy atom. The van der Waals surface area contributed by atoms with E-state index in [1.807, 2.05) is 42.5 Å². The molecule has 0 atom stereocenters. The van der Waals surface area contributed by atoms with E-state index >= 15 is 0 Å². The highest BCUT2D eigenvalue weighted by molar-refractivity contribution is 7.18. The summed E-state index contributed by atoms with van der Waals surface area (Å²) in [6.07, 6.45) is 7.08. The maximum Gasteiger partial charge on any atom is 0.195 e. The van der Waals surface area contributed by atoms with Crippen LogP contribution in [0.15, 0.2) is 60.7 Å². The predicted octanol–water partition coefficient (Wildman–Crippen LogP) is 4.85. The number of halogens is 1. The fourth-order valence-electron chi connectivity index (χ4n) is 1.40. The van der Waals surface area contributed by atoms with Crippen LogP contribution in [0.5, 0.6) is 0 Å². The van der Waals surface area contributed by atoms with Crippen molar-refractivity contribution in [3.05, 3.63) is 75.5 Å². The Hall–Kier alpha value is -1.64. The third kappa shape index (κ3) is 3.69. The van der Waals surface area contributed by atoms with E-state index in [9.17, 15) is 4.79 Å². The van der Waals surface area contributed by atoms with Gasteiger partial charge in [-0.2, -0.15) is 0 Å². The summed E-state index contributed by atoms with van der Waals surface area (Å²) in [5.74, 6) is -0.0235. The van der Waals surface area contributed by atoms with E-state index in [1.165, 1.54) is 11.3 Å². The van der Waals surface area contributed by atoms with Gasteiger partial charge in [0.05, 0.1) is 9.21 Å². The van der Waals surface area contributed by atoms with E-state index < -0.39 is 0 Å². The van der Waals surface area contributed by atoms with Crippen LogP contribution in [0.4, 0.5) is 0 Å². The SMILES string of the molecule is O=C(/C=C/C=C/c1ccccc1)c1ccc(Cl)s1. The van der Waals surface area contributed by atoms with E-state index in [1.54, 1.807) is 24.3 Å². The topological polar surface area (TPSA) is 17.1 Å². The molecule has 0 fully saturated rings. The van der Waals surface area contributed by atoms with Gasteiger partial charge in [0.2, 0.25) is 0 Å². The summed E-state index contributed by atoms with van der Waals surface area (Å²) in [6, 6.07) is 13.4. The molecule has 1 nitrogen and oxygen atoms in total. The zero-order valence-corrected chi connectivity index (χ0v) is 11.1. The van der Waals surface area contributed by atoms with Crippen molar-refractivity contribution >= 4 is 34.8 Å². The lowest BCUT2D eigenvalue weighted by Crippen LogP contribution is -1.87. The van der Waals surface area contributed by atoms with Crippen molar-refractivity contribution in [3.63, 3.8) is 0 Å². The molecule has 2 rings (SSSR count). The fraction of sp³-hybridized carbons (Fsp3) is 0. The summed E-state index contributed by atoms with van der Waals surface area (Å²) in [4.78, 5) is 12.4. The summed E-state index contributed by atoms with van der Waals surface area (Å²) in [7, 11) is 0. The van der Waals surface area contributed by atoms with Crippen LogP contribution in [-0.2, 0) is 0 Å². The van der Waals surface area contributed by atoms with Crippen molar-refractivity contribution in [1.82, 2.24) is 0 Å². The smallest absolute Gasteiger partial charge is 0.195 e. The van der Waals surface area contributed by atoms with Gasteiger partial charge < -0.3 is 0 Å². The van der Waals surface area contributed by atoms with Gasteiger partial charge in [-0.1, -0.05) is 60.2 Å². The van der Waals surface area contributed by atoms with Crippen molar-refractivity contribution in [1.29, 1.82) is 0 Å². The van der Waals surface area contributed by atoms with Gasteiger partial charge in [0.25, 0.3) is 0 Å². The Kier molecular flexibility index (Phi) is 4.51. The van der Waals surface area contributed by atoms with Crippen molar-refractivity contribution < 1.29 is 4.79 Å². The monoisotopic (exact) mass is 274 g/mol. The number of thiophene rings is 1. The first-order chi connectivity index (χ1) is 8.75. The fourth-order valence-corrected chi connectivity index (χ4v) is 2.37. The number of allylic oxidation sites excluding steroid dienone is 3. The highest BCUT2D eigenvalue weighted by atomic mass is 35.5. The minimum Gasteiger partial charge on any atom is -0.288 e. The maximum atomic E-state index is 11.7. The molecule has 0 bridgehead atoms. The van der Waals surface area contributed by atoms with Crippen LogP contribution in [0.3, 0.4) is 0 Å². The normalized spacial score (nSPS) is 11.4. The Labute approximate surface area is 115 Å². The first-order valence-corrected chi connectivity index (χ1v) is 6.64. The number of hydrogen-bond donors (Lipinski definition) is 0. The standard InChI is InChI=1S/C15H11ClOS/c16-15-11-10-14(18-15)13(17)9-5-4-8-12-6-2-1-3-7-12/h1-11H/b8-4+,9-5+. The van der Waals surface area contributed by atoms with Gasteiger partial charge in [-0.25, -0.2) is 0 Å². The first-order valence-electron chi connectivity index (χ1n) is 5.45. The molecule has 1 aromatic carbocycles. The minimum absolute atomic E-state index is 0.0235.